The summed E-state index contributed by atoms with van der Waals surface area (Å²) in [5, 5.41) is 2.46. The van der Waals surface area contributed by atoms with Crippen molar-refractivity contribution in [1.29, 1.82) is 0 Å². The summed E-state index contributed by atoms with van der Waals surface area (Å²) < 4.78 is 0. The molecule has 0 fully saturated rings. The fourth-order valence-electron chi connectivity index (χ4n) is 1.09. The normalized spacial score (nSPS) is 10.1. The molecule has 0 unspecified atom stereocenters. The summed E-state index contributed by atoms with van der Waals surface area (Å²) >= 11 is 0. The van der Waals surface area contributed by atoms with E-state index in [1.807, 2.05) is 0 Å². The Morgan fingerprint density at radius 3 is 3.00 bits per heavy atom. The molecule has 5 heteroatoms. The van der Waals surface area contributed by atoms with E-state index in [0.717, 1.165) is 0 Å². The van der Waals surface area contributed by atoms with E-state index in [4.69, 9.17) is 0 Å². The molecule has 0 aliphatic carbocycles. The molecule has 1 amide bonds. The minimum atomic E-state index is -0.296. The molecule has 0 spiro atoms. The molecule has 2 aromatic heterocycles. The number of rotatable bonds is 1. The van der Waals surface area contributed by atoms with Crippen LogP contribution in [0, 0.1) is 0 Å². The molecule has 0 radical (unpaired) electrons. The summed E-state index contributed by atoms with van der Waals surface area (Å²) in [6.45, 7) is 0. The average molecular weight is 188 g/mol. The highest BCUT2D eigenvalue weighted by Gasteiger charge is 2.06. The molecule has 70 valence electrons. The molecule has 5 nitrogen and oxygen atoms in total. The van der Waals surface area contributed by atoms with Crippen LogP contribution in [0.25, 0.3) is 11.0 Å². The van der Waals surface area contributed by atoms with E-state index < -0.39 is 0 Å². The largest absolute Gasteiger partial charge is 0.352 e. The highest BCUT2D eigenvalue weighted by atomic mass is 16.2. The SMILES string of the molecule is CNC(=O)c1ncc2ncccc2n1. The van der Waals surface area contributed by atoms with Crippen molar-refractivity contribution in [3.63, 3.8) is 0 Å². The first-order valence-electron chi connectivity index (χ1n) is 4.11. The van der Waals surface area contributed by atoms with Crippen molar-refractivity contribution in [2.45, 2.75) is 0 Å². The van der Waals surface area contributed by atoms with Gasteiger partial charge in [-0.25, -0.2) is 9.97 Å². The fraction of sp³-hybridized carbons (Fsp3) is 0.111. The lowest BCUT2D eigenvalue weighted by Gasteiger charge is -1.99. The monoisotopic (exact) mass is 188 g/mol. The van der Waals surface area contributed by atoms with E-state index in [0.29, 0.717) is 11.0 Å². The standard InChI is InChI=1S/C9H8N4O/c1-10-9(14)8-12-5-7-6(13-8)3-2-4-11-7/h2-5H,1H3,(H,10,14). The first-order chi connectivity index (χ1) is 6.81. The van der Waals surface area contributed by atoms with Crippen molar-refractivity contribution >= 4 is 16.9 Å². The Labute approximate surface area is 80.2 Å². The molecule has 0 saturated heterocycles. The molecule has 1 N–H and O–H groups in total. The van der Waals surface area contributed by atoms with Crippen LogP contribution in [-0.4, -0.2) is 27.9 Å². The van der Waals surface area contributed by atoms with Gasteiger partial charge in [0.2, 0.25) is 5.82 Å². The van der Waals surface area contributed by atoms with Gasteiger partial charge in [-0.3, -0.25) is 9.78 Å². The summed E-state index contributed by atoms with van der Waals surface area (Å²) in [4.78, 5) is 23.2. The van der Waals surface area contributed by atoms with Crippen molar-refractivity contribution in [3.8, 4) is 0 Å². The van der Waals surface area contributed by atoms with Crippen LogP contribution < -0.4 is 5.32 Å². The van der Waals surface area contributed by atoms with Crippen LogP contribution in [0.3, 0.4) is 0 Å². The molecule has 0 aliphatic rings. The molecule has 2 rings (SSSR count). The first kappa shape index (κ1) is 8.55. The van der Waals surface area contributed by atoms with Crippen molar-refractivity contribution in [2.24, 2.45) is 0 Å². The molecule has 0 saturated carbocycles. The van der Waals surface area contributed by atoms with E-state index in [1.165, 1.54) is 6.20 Å². The number of carbonyl (C=O) groups is 1. The molecule has 0 aromatic carbocycles. The molecule has 0 atom stereocenters. The molecule has 2 heterocycles. The minimum absolute atomic E-state index is 0.160. The summed E-state index contributed by atoms with van der Waals surface area (Å²) in [5.74, 6) is -0.135. The number of hydrogen-bond donors (Lipinski definition) is 1. The minimum Gasteiger partial charge on any atom is -0.352 e. The number of nitrogens with one attached hydrogen (secondary N) is 1. The third-order valence-electron chi connectivity index (χ3n) is 1.78. The Kier molecular flexibility index (Phi) is 2.06. The predicted octanol–water partition coefficient (Wildman–Crippen LogP) is 0.384. The highest BCUT2D eigenvalue weighted by molar-refractivity contribution is 5.91. The lowest BCUT2D eigenvalue weighted by atomic mass is 10.3. The Hall–Kier alpha value is -2.04. The van der Waals surface area contributed by atoms with Gasteiger partial charge in [0, 0.05) is 13.2 Å². The third-order valence-corrected chi connectivity index (χ3v) is 1.78. The van der Waals surface area contributed by atoms with Gasteiger partial charge in [0.05, 0.1) is 11.7 Å². The smallest absolute Gasteiger partial charge is 0.288 e. The summed E-state index contributed by atoms with van der Waals surface area (Å²) in [6.07, 6.45) is 3.19. The second kappa shape index (κ2) is 3.37. The van der Waals surface area contributed by atoms with E-state index >= 15 is 0 Å². The van der Waals surface area contributed by atoms with Gasteiger partial charge in [-0.15, -0.1) is 0 Å². The van der Waals surface area contributed by atoms with Crippen LogP contribution in [0.2, 0.25) is 0 Å². The van der Waals surface area contributed by atoms with Crippen molar-refractivity contribution in [1.82, 2.24) is 20.3 Å². The maximum absolute atomic E-state index is 11.2. The van der Waals surface area contributed by atoms with Gasteiger partial charge >= 0.3 is 0 Å². The van der Waals surface area contributed by atoms with E-state index in [9.17, 15) is 4.79 Å². The van der Waals surface area contributed by atoms with Gasteiger partial charge in [-0.2, -0.15) is 0 Å². The zero-order valence-corrected chi connectivity index (χ0v) is 7.56. The second-order valence-electron chi connectivity index (χ2n) is 2.68. The summed E-state index contributed by atoms with van der Waals surface area (Å²) in [5.41, 5.74) is 1.35. The second-order valence-corrected chi connectivity index (χ2v) is 2.68. The molecule has 14 heavy (non-hydrogen) atoms. The van der Waals surface area contributed by atoms with Crippen molar-refractivity contribution in [2.75, 3.05) is 7.05 Å². The van der Waals surface area contributed by atoms with E-state index in [-0.39, 0.29) is 11.7 Å². The number of fused-ring (bicyclic) bond motifs is 1. The van der Waals surface area contributed by atoms with Crippen LogP contribution in [-0.2, 0) is 0 Å². The van der Waals surface area contributed by atoms with Gasteiger partial charge in [0.25, 0.3) is 5.91 Å². The molecule has 0 aliphatic heterocycles. The Morgan fingerprint density at radius 2 is 2.21 bits per heavy atom. The Balaban J connectivity index is 2.56. The number of pyridine rings is 1. The summed E-state index contributed by atoms with van der Waals surface area (Å²) in [6, 6.07) is 3.55. The van der Waals surface area contributed by atoms with Crippen LogP contribution in [0.5, 0.6) is 0 Å². The Morgan fingerprint density at radius 1 is 1.36 bits per heavy atom. The Bertz CT molecular complexity index is 483. The number of amides is 1. The molecular formula is C9H8N4O. The van der Waals surface area contributed by atoms with Crippen LogP contribution >= 0.6 is 0 Å². The zero-order chi connectivity index (χ0) is 9.97. The van der Waals surface area contributed by atoms with Crippen LogP contribution in [0.15, 0.2) is 24.5 Å². The fourth-order valence-corrected chi connectivity index (χ4v) is 1.09. The van der Waals surface area contributed by atoms with Crippen LogP contribution in [0.1, 0.15) is 10.6 Å². The van der Waals surface area contributed by atoms with Gasteiger partial charge < -0.3 is 5.32 Å². The number of carbonyl (C=O) groups excluding carboxylic acids is 1. The topological polar surface area (TPSA) is 67.8 Å². The predicted molar refractivity (Wildman–Crippen MR) is 50.7 cm³/mol. The lowest BCUT2D eigenvalue weighted by molar-refractivity contribution is 0.0953. The van der Waals surface area contributed by atoms with Crippen molar-refractivity contribution in [3.05, 3.63) is 30.4 Å². The van der Waals surface area contributed by atoms with Gasteiger partial charge in [0.15, 0.2) is 0 Å². The highest BCUT2D eigenvalue weighted by Crippen LogP contribution is 2.05. The zero-order valence-electron chi connectivity index (χ0n) is 7.56. The van der Waals surface area contributed by atoms with Gasteiger partial charge in [0.1, 0.15) is 5.52 Å². The number of nitrogens with zero attached hydrogens (tertiary/aromatic N) is 3. The lowest BCUT2D eigenvalue weighted by Crippen LogP contribution is -2.20. The molecule has 2 aromatic rings. The van der Waals surface area contributed by atoms with Gasteiger partial charge in [-0.1, -0.05) is 0 Å². The maximum atomic E-state index is 11.2. The van der Waals surface area contributed by atoms with Crippen molar-refractivity contribution < 1.29 is 4.79 Å². The van der Waals surface area contributed by atoms with E-state index in [1.54, 1.807) is 25.4 Å². The van der Waals surface area contributed by atoms with Gasteiger partial charge in [-0.05, 0) is 12.1 Å². The first-order valence-corrected chi connectivity index (χ1v) is 4.11. The molecular weight excluding hydrogens is 180 g/mol. The summed E-state index contributed by atoms with van der Waals surface area (Å²) in [7, 11) is 1.54. The maximum Gasteiger partial charge on any atom is 0.288 e. The van der Waals surface area contributed by atoms with Crippen LogP contribution in [0.4, 0.5) is 0 Å². The molecule has 0 bridgehead atoms. The number of aromatic nitrogens is 3. The number of hydrogen-bond acceptors (Lipinski definition) is 4. The third kappa shape index (κ3) is 1.39. The average Bonchev–Trinajstić information content (AvgIpc) is 2.27. The van der Waals surface area contributed by atoms with E-state index in [2.05, 4.69) is 20.3 Å². The quantitative estimate of drug-likeness (QED) is 0.702.